The van der Waals surface area contributed by atoms with Gasteiger partial charge in [0.25, 0.3) is 0 Å². The highest BCUT2D eigenvalue weighted by Gasteiger charge is 2.50. The molecule has 0 saturated carbocycles. The average Bonchev–Trinajstić information content (AvgIpc) is 2.25. The zero-order chi connectivity index (χ0) is 11.1. The van der Waals surface area contributed by atoms with Crippen LogP contribution in [0.2, 0.25) is 0 Å². The van der Waals surface area contributed by atoms with Crippen LogP contribution in [0, 0.1) is 0 Å². The lowest BCUT2D eigenvalue weighted by Gasteiger charge is -2.34. The van der Waals surface area contributed by atoms with Gasteiger partial charge in [0.1, 0.15) is 0 Å². The normalized spacial score (nSPS) is 19.0. The van der Waals surface area contributed by atoms with E-state index in [9.17, 15) is 4.79 Å². The highest BCUT2D eigenvalue weighted by molar-refractivity contribution is 6.70. The number of rotatable bonds is 2. The zero-order valence-corrected chi connectivity index (χ0v) is 9.77. The molecular weight excluding hydrogens is 231 g/mol. The minimum absolute atomic E-state index is 0.160. The molecule has 0 unspecified atom stereocenters. The third kappa shape index (κ3) is 1.51. The van der Waals surface area contributed by atoms with Gasteiger partial charge in [-0.1, -0.05) is 60.5 Å². The van der Waals surface area contributed by atoms with E-state index in [1.807, 2.05) is 37.3 Å². The SMILES string of the molecule is CCC1=C(c2ccccc2)C(Cl)(Cl)C1=O. The molecule has 78 valence electrons. The Hall–Kier alpha value is -0.790. The van der Waals surface area contributed by atoms with Gasteiger partial charge >= 0.3 is 0 Å². The van der Waals surface area contributed by atoms with Crippen molar-refractivity contribution in [2.75, 3.05) is 0 Å². The van der Waals surface area contributed by atoms with Gasteiger partial charge in [0.05, 0.1) is 0 Å². The van der Waals surface area contributed by atoms with Crippen LogP contribution >= 0.6 is 23.2 Å². The van der Waals surface area contributed by atoms with Crippen LogP contribution in [-0.2, 0) is 4.79 Å². The molecule has 0 spiro atoms. The van der Waals surface area contributed by atoms with Gasteiger partial charge in [-0.3, -0.25) is 4.79 Å². The first-order chi connectivity index (χ1) is 7.09. The van der Waals surface area contributed by atoms with E-state index in [0.717, 1.165) is 16.7 Å². The number of alkyl halides is 2. The molecule has 2 rings (SSSR count). The molecule has 1 aliphatic carbocycles. The van der Waals surface area contributed by atoms with E-state index >= 15 is 0 Å². The van der Waals surface area contributed by atoms with Gasteiger partial charge in [0, 0.05) is 11.1 Å². The minimum Gasteiger partial charge on any atom is -0.291 e. The maximum Gasteiger partial charge on any atom is 0.206 e. The van der Waals surface area contributed by atoms with Gasteiger partial charge in [-0.15, -0.1) is 0 Å². The van der Waals surface area contributed by atoms with Crippen LogP contribution in [0.4, 0.5) is 0 Å². The number of carbonyl (C=O) groups excluding carboxylic acids is 1. The number of benzene rings is 1. The van der Waals surface area contributed by atoms with Gasteiger partial charge in [0.15, 0.2) is 5.78 Å². The Morgan fingerprint density at radius 3 is 2.33 bits per heavy atom. The van der Waals surface area contributed by atoms with E-state index in [4.69, 9.17) is 23.2 Å². The Morgan fingerprint density at radius 1 is 1.20 bits per heavy atom. The Morgan fingerprint density at radius 2 is 1.80 bits per heavy atom. The predicted octanol–water partition coefficient (Wildman–Crippen LogP) is 3.61. The maximum absolute atomic E-state index is 11.6. The molecule has 1 aromatic rings. The predicted molar refractivity (Wildman–Crippen MR) is 63.1 cm³/mol. The molecule has 0 aromatic heterocycles. The summed E-state index contributed by atoms with van der Waals surface area (Å²) in [6.45, 7) is 1.93. The lowest BCUT2D eigenvalue weighted by Crippen LogP contribution is -2.40. The molecular formula is C12H10Cl2O. The van der Waals surface area contributed by atoms with E-state index in [-0.39, 0.29) is 5.78 Å². The standard InChI is InChI=1S/C12H10Cl2O/c1-2-9-10(12(13,14)11(9)15)8-6-4-3-5-7-8/h3-7H,2H2,1H3. The molecule has 0 fully saturated rings. The van der Waals surface area contributed by atoms with Crippen molar-refractivity contribution in [2.45, 2.75) is 17.7 Å². The number of allylic oxidation sites excluding steroid dienone is 2. The van der Waals surface area contributed by atoms with Crippen LogP contribution in [0.1, 0.15) is 18.9 Å². The van der Waals surface area contributed by atoms with E-state index in [1.54, 1.807) is 0 Å². The summed E-state index contributed by atoms with van der Waals surface area (Å²) >= 11 is 12.0. The summed E-state index contributed by atoms with van der Waals surface area (Å²) < 4.78 is -1.34. The van der Waals surface area contributed by atoms with E-state index in [1.165, 1.54) is 0 Å². The first-order valence-corrected chi connectivity index (χ1v) is 5.56. The molecule has 0 N–H and O–H groups in total. The maximum atomic E-state index is 11.6. The van der Waals surface area contributed by atoms with Crippen molar-refractivity contribution in [1.29, 1.82) is 0 Å². The number of Topliss-reactive ketones (excluding diaryl/α,β-unsaturated/α-hetero) is 1. The van der Waals surface area contributed by atoms with Gasteiger partial charge in [-0.05, 0) is 12.0 Å². The Kier molecular flexibility index (Phi) is 2.61. The van der Waals surface area contributed by atoms with Crippen molar-refractivity contribution in [3.63, 3.8) is 0 Å². The number of ketones is 1. The van der Waals surface area contributed by atoms with Gasteiger partial charge in [0.2, 0.25) is 4.33 Å². The minimum atomic E-state index is -1.34. The molecule has 15 heavy (non-hydrogen) atoms. The Labute approximate surface area is 98.7 Å². The molecule has 0 radical (unpaired) electrons. The second-order valence-corrected chi connectivity index (χ2v) is 4.80. The zero-order valence-electron chi connectivity index (χ0n) is 8.26. The monoisotopic (exact) mass is 240 g/mol. The number of halogens is 2. The fraction of sp³-hybridized carbons (Fsp3) is 0.250. The van der Waals surface area contributed by atoms with Crippen molar-refractivity contribution in [1.82, 2.24) is 0 Å². The van der Waals surface area contributed by atoms with Crippen molar-refractivity contribution >= 4 is 34.6 Å². The highest BCUT2D eigenvalue weighted by atomic mass is 35.5. The summed E-state index contributed by atoms with van der Waals surface area (Å²) in [6.07, 6.45) is 0.671. The van der Waals surface area contributed by atoms with Crippen molar-refractivity contribution in [3.05, 3.63) is 41.5 Å². The molecule has 0 saturated heterocycles. The van der Waals surface area contributed by atoms with E-state index in [2.05, 4.69) is 0 Å². The third-order valence-electron chi connectivity index (χ3n) is 2.59. The largest absolute Gasteiger partial charge is 0.291 e. The van der Waals surface area contributed by atoms with Gasteiger partial charge in [-0.2, -0.15) is 0 Å². The number of hydrogen-bond acceptors (Lipinski definition) is 1. The quantitative estimate of drug-likeness (QED) is 0.723. The van der Waals surface area contributed by atoms with E-state index < -0.39 is 4.33 Å². The van der Waals surface area contributed by atoms with Crippen molar-refractivity contribution in [3.8, 4) is 0 Å². The summed E-state index contributed by atoms with van der Waals surface area (Å²) in [5, 5.41) is 0. The topological polar surface area (TPSA) is 17.1 Å². The molecule has 1 aromatic carbocycles. The summed E-state index contributed by atoms with van der Waals surface area (Å²) in [5.41, 5.74) is 2.43. The molecule has 0 bridgehead atoms. The van der Waals surface area contributed by atoms with Crippen LogP contribution in [0.5, 0.6) is 0 Å². The van der Waals surface area contributed by atoms with Crippen LogP contribution in [0.25, 0.3) is 5.57 Å². The number of carbonyl (C=O) groups is 1. The highest BCUT2D eigenvalue weighted by Crippen LogP contribution is 2.50. The Balaban J connectivity index is 2.54. The summed E-state index contributed by atoms with van der Waals surface area (Å²) in [7, 11) is 0. The first kappa shape index (κ1) is 10.7. The smallest absolute Gasteiger partial charge is 0.206 e. The van der Waals surface area contributed by atoms with Crippen LogP contribution in [0.15, 0.2) is 35.9 Å². The third-order valence-corrected chi connectivity index (χ3v) is 3.31. The molecule has 0 aliphatic heterocycles. The van der Waals surface area contributed by atoms with Crippen molar-refractivity contribution in [2.24, 2.45) is 0 Å². The van der Waals surface area contributed by atoms with Crippen molar-refractivity contribution < 1.29 is 4.79 Å². The fourth-order valence-corrected chi connectivity index (χ4v) is 2.52. The molecule has 0 atom stereocenters. The van der Waals surface area contributed by atoms with Crippen LogP contribution in [0.3, 0.4) is 0 Å². The fourth-order valence-electron chi connectivity index (χ4n) is 1.84. The van der Waals surface area contributed by atoms with E-state index in [0.29, 0.717) is 6.42 Å². The summed E-state index contributed by atoms with van der Waals surface area (Å²) in [6, 6.07) is 9.55. The summed E-state index contributed by atoms with van der Waals surface area (Å²) in [5.74, 6) is -0.160. The lowest BCUT2D eigenvalue weighted by molar-refractivity contribution is -0.116. The molecule has 1 nitrogen and oxygen atoms in total. The van der Waals surface area contributed by atoms with Gasteiger partial charge < -0.3 is 0 Å². The average molecular weight is 241 g/mol. The second-order valence-electron chi connectivity index (χ2n) is 3.48. The first-order valence-electron chi connectivity index (χ1n) is 4.80. The van der Waals surface area contributed by atoms with Crippen LogP contribution in [-0.4, -0.2) is 10.1 Å². The molecule has 3 heteroatoms. The molecule has 0 heterocycles. The Bertz CT molecular complexity index is 432. The molecule has 0 amide bonds. The lowest BCUT2D eigenvalue weighted by atomic mass is 9.80. The summed E-state index contributed by atoms with van der Waals surface area (Å²) in [4.78, 5) is 11.6. The molecule has 1 aliphatic rings. The number of hydrogen-bond donors (Lipinski definition) is 0. The van der Waals surface area contributed by atoms with Crippen LogP contribution < -0.4 is 0 Å². The second kappa shape index (κ2) is 3.66. The van der Waals surface area contributed by atoms with Gasteiger partial charge in [-0.25, -0.2) is 0 Å².